The third kappa shape index (κ3) is 2.46. The highest BCUT2D eigenvalue weighted by atomic mass is 15.2. The molecule has 1 aliphatic carbocycles. The fraction of sp³-hybridized carbons (Fsp3) is 1.00. The SMILES string of the molecule is CN(C)C(N)C1CCCCC1. The molecule has 1 rings (SSSR count). The van der Waals surface area contributed by atoms with Crippen molar-refractivity contribution in [3.05, 3.63) is 0 Å². The lowest BCUT2D eigenvalue weighted by molar-refractivity contribution is 0.175. The molecule has 0 amide bonds. The molecule has 0 spiro atoms. The van der Waals surface area contributed by atoms with Crippen LogP contribution in [0, 0.1) is 5.92 Å². The molecular weight excluding hydrogens is 136 g/mol. The van der Waals surface area contributed by atoms with E-state index < -0.39 is 0 Å². The molecule has 2 nitrogen and oxygen atoms in total. The Hall–Kier alpha value is -0.0800. The molecule has 0 heterocycles. The molecule has 1 saturated carbocycles. The maximum atomic E-state index is 6.02. The first kappa shape index (κ1) is 9.01. The van der Waals surface area contributed by atoms with Crippen molar-refractivity contribution in [2.45, 2.75) is 38.3 Å². The van der Waals surface area contributed by atoms with Gasteiger partial charge in [0.05, 0.1) is 6.17 Å². The van der Waals surface area contributed by atoms with Gasteiger partial charge in [0.25, 0.3) is 0 Å². The maximum absolute atomic E-state index is 6.02. The number of rotatable bonds is 2. The molecule has 0 aliphatic heterocycles. The fourth-order valence-electron chi connectivity index (χ4n) is 1.90. The van der Waals surface area contributed by atoms with E-state index in [1.807, 2.05) is 0 Å². The Labute approximate surface area is 69.8 Å². The summed E-state index contributed by atoms with van der Waals surface area (Å²) in [6.45, 7) is 0. The monoisotopic (exact) mass is 156 g/mol. The van der Waals surface area contributed by atoms with Gasteiger partial charge < -0.3 is 5.73 Å². The Kier molecular flexibility index (Phi) is 3.34. The molecule has 0 aromatic heterocycles. The average molecular weight is 156 g/mol. The highest BCUT2D eigenvalue weighted by molar-refractivity contribution is 4.74. The van der Waals surface area contributed by atoms with Crippen molar-refractivity contribution in [1.29, 1.82) is 0 Å². The number of nitrogens with two attached hydrogens (primary N) is 1. The van der Waals surface area contributed by atoms with E-state index in [-0.39, 0.29) is 6.17 Å². The molecule has 1 fully saturated rings. The van der Waals surface area contributed by atoms with E-state index >= 15 is 0 Å². The molecule has 1 aliphatic rings. The smallest absolute Gasteiger partial charge is 0.0595 e. The Morgan fingerprint density at radius 1 is 1.18 bits per heavy atom. The fourth-order valence-corrected chi connectivity index (χ4v) is 1.90. The summed E-state index contributed by atoms with van der Waals surface area (Å²) in [7, 11) is 4.14. The van der Waals surface area contributed by atoms with E-state index in [4.69, 9.17) is 5.73 Å². The van der Waals surface area contributed by atoms with Gasteiger partial charge in [-0.2, -0.15) is 0 Å². The third-order valence-corrected chi connectivity index (χ3v) is 2.73. The quantitative estimate of drug-likeness (QED) is 0.613. The minimum Gasteiger partial charge on any atom is -0.316 e. The molecule has 11 heavy (non-hydrogen) atoms. The first-order valence-corrected chi connectivity index (χ1v) is 4.64. The number of hydrogen-bond acceptors (Lipinski definition) is 2. The van der Waals surface area contributed by atoms with Crippen molar-refractivity contribution in [1.82, 2.24) is 4.90 Å². The summed E-state index contributed by atoms with van der Waals surface area (Å²) in [5.41, 5.74) is 6.02. The Morgan fingerprint density at radius 2 is 1.73 bits per heavy atom. The van der Waals surface area contributed by atoms with Crippen molar-refractivity contribution in [3.63, 3.8) is 0 Å². The van der Waals surface area contributed by atoms with Gasteiger partial charge in [-0.3, -0.25) is 4.90 Å². The largest absolute Gasteiger partial charge is 0.316 e. The van der Waals surface area contributed by atoms with Crippen LogP contribution in [0.2, 0.25) is 0 Å². The summed E-state index contributed by atoms with van der Waals surface area (Å²) >= 11 is 0. The molecule has 2 heteroatoms. The summed E-state index contributed by atoms with van der Waals surface area (Å²) in [6, 6.07) is 0. The summed E-state index contributed by atoms with van der Waals surface area (Å²) in [5.74, 6) is 0.749. The number of nitrogens with zero attached hydrogens (tertiary/aromatic N) is 1. The van der Waals surface area contributed by atoms with Crippen LogP contribution in [0.3, 0.4) is 0 Å². The van der Waals surface area contributed by atoms with Crippen LogP contribution in [0.1, 0.15) is 32.1 Å². The van der Waals surface area contributed by atoms with Gasteiger partial charge in [-0.15, -0.1) is 0 Å². The average Bonchev–Trinajstić information content (AvgIpc) is 2.05. The second-order valence-corrected chi connectivity index (χ2v) is 3.85. The summed E-state index contributed by atoms with van der Waals surface area (Å²) < 4.78 is 0. The summed E-state index contributed by atoms with van der Waals surface area (Å²) in [5, 5.41) is 0. The van der Waals surface area contributed by atoms with Crippen molar-refractivity contribution in [2.24, 2.45) is 11.7 Å². The standard InChI is InChI=1S/C9H20N2/c1-11(2)9(10)8-6-4-3-5-7-8/h8-9H,3-7,10H2,1-2H3. The van der Waals surface area contributed by atoms with Gasteiger partial charge in [-0.05, 0) is 32.9 Å². The van der Waals surface area contributed by atoms with Crippen LogP contribution in [-0.2, 0) is 0 Å². The van der Waals surface area contributed by atoms with Gasteiger partial charge in [0.2, 0.25) is 0 Å². The highest BCUT2D eigenvalue weighted by Crippen LogP contribution is 2.25. The predicted octanol–water partition coefficient (Wildman–Crippen LogP) is 1.41. The first-order valence-electron chi connectivity index (χ1n) is 4.64. The molecular formula is C9H20N2. The molecule has 1 unspecified atom stereocenters. The van der Waals surface area contributed by atoms with Gasteiger partial charge in [-0.25, -0.2) is 0 Å². The van der Waals surface area contributed by atoms with Gasteiger partial charge in [-0.1, -0.05) is 19.3 Å². The summed E-state index contributed by atoms with van der Waals surface area (Å²) in [6.07, 6.45) is 7.13. The second kappa shape index (κ2) is 4.07. The number of hydrogen-bond donors (Lipinski definition) is 1. The van der Waals surface area contributed by atoms with Gasteiger partial charge in [0, 0.05) is 0 Å². The van der Waals surface area contributed by atoms with Crippen LogP contribution >= 0.6 is 0 Å². The minimum atomic E-state index is 0.287. The van der Waals surface area contributed by atoms with Crippen LogP contribution in [0.25, 0.3) is 0 Å². The lowest BCUT2D eigenvalue weighted by atomic mass is 9.87. The van der Waals surface area contributed by atoms with Crippen LogP contribution in [0.15, 0.2) is 0 Å². The minimum absolute atomic E-state index is 0.287. The van der Waals surface area contributed by atoms with Crippen LogP contribution in [0.5, 0.6) is 0 Å². The maximum Gasteiger partial charge on any atom is 0.0595 e. The second-order valence-electron chi connectivity index (χ2n) is 3.85. The van der Waals surface area contributed by atoms with E-state index in [1.54, 1.807) is 0 Å². The van der Waals surface area contributed by atoms with Crippen molar-refractivity contribution < 1.29 is 0 Å². The van der Waals surface area contributed by atoms with Crippen molar-refractivity contribution in [2.75, 3.05) is 14.1 Å². The molecule has 0 saturated heterocycles. The van der Waals surface area contributed by atoms with Gasteiger partial charge >= 0.3 is 0 Å². The third-order valence-electron chi connectivity index (χ3n) is 2.73. The first-order chi connectivity index (χ1) is 5.22. The Balaban J connectivity index is 2.32. The van der Waals surface area contributed by atoms with E-state index in [0.717, 1.165) is 5.92 Å². The zero-order valence-electron chi connectivity index (χ0n) is 7.71. The topological polar surface area (TPSA) is 29.3 Å². The molecule has 0 radical (unpaired) electrons. The molecule has 0 aromatic rings. The molecule has 66 valence electrons. The van der Waals surface area contributed by atoms with Crippen molar-refractivity contribution in [3.8, 4) is 0 Å². The predicted molar refractivity (Wildman–Crippen MR) is 48.2 cm³/mol. The summed E-state index contributed by atoms with van der Waals surface area (Å²) in [4.78, 5) is 2.13. The van der Waals surface area contributed by atoms with Crippen molar-refractivity contribution >= 4 is 0 Å². The highest BCUT2D eigenvalue weighted by Gasteiger charge is 2.21. The zero-order valence-corrected chi connectivity index (χ0v) is 7.71. The van der Waals surface area contributed by atoms with E-state index in [1.165, 1.54) is 32.1 Å². The van der Waals surface area contributed by atoms with Gasteiger partial charge in [0.15, 0.2) is 0 Å². The van der Waals surface area contributed by atoms with Crippen LogP contribution in [0.4, 0.5) is 0 Å². The van der Waals surface area contributed by atoms with Gasteiger partial charge in [0.1, 0.15) is 0 Å². The normalized spacial score (nSPS) is 24.0. The molecule has 0 bridgehead atoms. The van der Waals surface area contributed by atoms with E-state index in [9.17, 15) is 0 Å². The molecule has 2 N–H and O–H groups in total. The van der Waals surface area contributed by atoms with E-state index in [0.29, 0.717) is 0 Å². The van der Waals surface area contributed by atoms with E-state index in [2.05, 4.69) is 19.0 Å². The van der Waals surface area contributed by atoms with Crippen LogP contribution < -0.4 is 5.73 Å². The zero-order chi connectivity index (χ0) is 8.27. The molecule has 0 aromatic carbocycles. The Bertz CT molecular complexity index is 106. The van der Waals surface area contributed by atoms with Crippen LogP contribution in [-0.4, -0.2) is 25.2 Å². The Morgan fingerprint density at radius 3 is 2.18 bits per heavy atom. The lowest BCUT2D eigenvalue weighted by Crippen LogP contribution is -2.43. The lowest BCUT2D eigenvalue weighted by Gasteiger charge is -2.31. The molecule has 1 atom stereocenters.